The Morgan fingerprint density at radius 2 is 1.68 bits per heavy atom. The molecule has 0 fully saturated rings. The first-order valence-electron chi connectivity index (χ1n) is 8.91. The summed E-state index contributed by atoms with van der Waals surface area (Å²) >= 11 is 0. The number of anilines is 1. The van der Waals surface area contributed by atoms with Crippen LogP contribution in [-0.4, -0.2) is 22.1 Å². The number of hydrogen-bond donors (Lipinski definition) is 1. The van der Waals surface area contributed by atoms with E-state index < -0.39 is 0 Å². The Morgan fingerprint density at radius 3 is 2.46 bits per heavy atom. The van der Waals surface area contributed by atoms with Crippen molar-refractivity contribution in [3.05, 3.63) is 90.2 Å². The summed E-state index contributed by atoms with van der Waals surface area (Å²) in [5.41, 5.74) is 2.24. The van der Waals surface area contributed by atoms with E-state index in [1.165, 1.54) is 12.1 Å². The van der Waals surface area contributed by atoms with Crippen LogP contribution in [-0.2, 0) is 6.54 Å². The van der Waals surface area contributed by atoms with Crippen molar-refractivity contribution in [3.8, 4) is 5.75 Å². The van der Waals surface area contributed by atoms with Crippen LogP contribution in [0.1, 0.15) is 10.4 Å². The molecule has 0 radical (unpaired) electrons. The van der Waals surface area contributed by atoms with Gasteiger partial charge in [0.05, 0.1) is 17.6 Å². The van der Waals surface area contributed by atoms with Crippen LogP contribution in [0.5, 0.6) is 5.75 Å². The molecule has 0 unspecified atom stereocenters. The van der Waals surface area contributed by atoms with Gasteiger partial charge in [-0.05, 0) is 48.5 Å². The van der Waals surface area contributed by atoms with Gasteiger partial charge in [0.15, 0.2) is 0 Å². The quantitative estimate of drug-likeness (QED) is 0.540. The zero-order valence-corrected chi connectivity index (χ0v) is 15.0. The number of para-hydroxylation sites is 2. The molecule has 0 saturated heterocycles. The topological polar surface area (TPSA) is 56.2 Å². The summed E-state index contributed by atoms with van der Waals surface area (Å²) in [5.74, 6) is 0.508. The van der Waals surface area contributed by atoms with Crippen molar-refractivity contribution in [3.63, 3.8) is 0 Å². The van der Waals surface area contributed by atoms with Crippen LogP contribution in [0.15, 0.2) is 78.9 Å². The third-order valence-electron chi connectivity index (χ3n) is 4.31. The van der Waals surface area contributed by atoms with E-state index >= 15 is 0 Å². The van der Waals surface area contributed by atoms with E-state index in [9.17, 15) is 9.18 Å². The van der Waals surface area contributed by atoms with Crippen molar-refractivity contribution in [2.75, 3.05) is 11.9 Å². The molecule has 4 aromatic rings. The molecule has 28 heavy (non-hydrogen) atoms. The Hall–Kier alpha value is -3.67. The molecule has 0 spiro atoms. The summed E-state index contributed by atoms with van der Waals surface area (Å²) in [4.78, 5) is 17.1. The fraction of sp³-hybridized carbons (Fsp3) is 0.0909. The van der Waals surface area contributed by atoms with Gasteiger partial charge in [0.2, 0.25) is 5.95 Å². The average Bonchev–Trinajstić information content (AvgIpc) is 3.07. The van der Waals surface area contributed by atoms with Crippen molar-refractivity contribution in [1.82, 2.24) is 9.55 Å². The maximum absolute atomic E-state index is 13.0. The Labute approximate surface area is 161 Å². The average molecular weight is 375 g/mol. The highest BCUT2D eigenvalue weighted by Gasteiger charge is 2.14. The van der Waals surface area contributed by atoms with E-state index in [0.29, 0.717) is 30.4 Å². The minimum Gasteiger partial charge on any atom is -0.492 e. The number of carbonyl (C=O) groups is 1. The minimum atomic E-state index is -0.307. The zero-order valence-electron chi connectivity index (χ0n) is 15.0. The minimum absolute atomic E-state index is 0.225. The number of benzene rings is 3. The molecule has 140 valence electrons. The monoisotopic (exact) mass is 375 g/mol. The third kappa shape index (κ3) is 3.86. The number of imidazole rings is 1. The second-order valence-corrected chi connectivity index (χ2v) is 6.20. The second kappa shape index (κ2) is 7.92. The van der Waals surface area contributed by atoms with E-state index in [2.05, 4.69) is 10.3 Å². The van der Waals surface area contributed by atoms with Crippen molar-refractivity contribution in [1.29, 1.82) is 0 Å². The molecule has 1 amide bonds. The normalized spacial score (nSPS) is 10.8. The molecular weight excluding hydrogens is 357 g/mol. The molecule has 4 rings (SSSR count). The number of nitrogens with zero attached hydrogens (tertiary/aromatic N) is 2. The first-order chi connectivity index (χ1) is 13.7. The van der Waals surface area contributed by atoms with Gasteiger partial charge in [0, 0.05) is 5.56 Å². The van der Waals surface area contributed by atoms with Gasteiger partial charge in [-0.2, -0.15) is 0 Å². The summed E-state index contributed by atoms with van der Waals surface area (Å²) in [6.07, 6.45) is 0. The molecule has 1 heterocycles. The van der Waals surface area contributed by atoms with Crippen LogP contribution in [0.2, 0.25) is 0 Å². The molecule has 5 nitrogen and oxygen atoms in total. The molecule has 0 bridgehead atoms. The fourth-order valence-electron chi connectivity index (χ4n) is 2.95. The van der Waals surface area contributed by atoms with Crippen molar-refractivity contribution in [2.45, 2.75) is 6.54 Å². The van der Waals surface area contributed by atoms with Crippen LogP contribution in [0.4, 0.5) is 10.3 Å². The Bertz CT molecular complexity index is 1090. The van der Waals surface area contributed by atoms with Gasteiger partial charge >= 0.3 is 0 Å². The highest BCUT2D eigenvalue weighted by Crippen LogP contribution is 2.20. The second-order valence-electron chi connectivity index (χ2n) is 6.20. The first-order valence-corrected chi connectivity index (χ1v) is 8.91. The molecule has 0 saturated carbocycles. The van der Waals surface area contributed by atoms with Gasteiger partial charge in [-0.3, -0.25) is 10.1 Å². The number of fused-ring (bicyclic) bond motifs is 1. The lowest BCUT2D eigenvalue weighted by Crippen LogP contribution is -2.17. The molecular formula is C22H18FN3O2. The smallest absolute Gasteiger partial charge is 0.257 e. The summed E-state index contributed by atoms with van der Waals surface area (Å²) in [6.45, 7) is 0.822. The number of hydrogen-bond acceptors (Lipinski definition) is 3. The maximum atomic E-state index is 13.0. The molecule has 3 aromatic carbocycles. The lowest BCUT2D eigenvalue weighted by Gasteiger charge is -2.11. The van der Waals surface area contributed by atoms with Gasteiger partial charge < -0.3 is 9.30 Å². The molecule has 0 aliphatic rings. The molecule has 1 aromatic heterocycles. The van der Waals surface area contributed by atoms with E-state index in [0.717, 1.165) is 11.0 Å². The maximum Gasteiger partial charge on any atom is 0.257 e. The van der Waals surface area contributed by atoms with Crippen molar-refractivity contribution >= 4 is 22.9 Å². The van der Waals surface area contributed by atoms with Crippen molar-refractivity contribution < 1.29 is 13.9 Å². The molecule has 6 heteroatoms. The fourth-order valence-corrected chi connectivity index (χ4v) is 2.95. The summed E-state index contributed by atoms with van der Waals surface area (Å²) < 4.78 is 20.6. The number of ether oxygens (including phenoxy) is 1. The number of rotatable bonds is 6. The number of amides is 1. The lowest BCUT2D eigenvalue weighted by atomic mass is 10.2. The standard InChI is InChI=1S/C22H18FN3O2/c23-17-10-12-18(13-11-17)28-15-14-26-20-9-5-4-8-19(20)24-22(26)25-21(27)16-6-2-1-3-7-16/h1-13H,14-15H2,(H,24,25,27). The van der Waals surface area contributed by atoms with Crippen LogP contribution < -0.4 is 10.1 Å². The molecule has 1 N–H and O–H groups in total. The number of aromatic nitrogens is 2. The van der Waals surface area contributed by atoms with Crippen LogP contribution >= 0.6 is 0 Å². The van der Waals surface area contributed by atoms with Crippen LogP contribution in [0, 0.1) is 5.82 Å². The lowest BCUT2D eigenvalue weighted by molar-refractivity contribution is 0.102. The van der Waals surface area contributed by atoms with E-state index in [4.69, 9.17) is 4.74 Å². The molecule has 0 aliphatic carbocycles. The Morgan fingerprint density at radius 1 is 0.964 bits per heavy atom. The van der Waals surface area contributed by atoms with E-state index in [-0.39, 0.29) is 11.7 Å². The Balaban J connectivity index is 1.54. The summed E-state index contributed by atoms with van der Waals surface area (Å²) in [6, 6.07) is 22.5. The van der Waals surface area contributed by atoms with Gasteiger partial charge in [-0.15, -0.1) is 0 Å². The molecule has 0 atom stereocenters. The van der Waals surface area contributed by atoms with Crippen LogP contribution in [0.3, 0.4) is 0 Å². The highest BCUT2D eigenvalue weighted by molar-refractivity contribution is 6.04. The number of halogens is 1. The third-order valence-corrected chi connectivity index (χ3v) is 4.31. The van der Waals surface area contributed by atoms with Gasteiger partial charge in [-0.25, -0.2) is 9.37 Å². The first kappa shape index (κ1) is 17.7. The largest absolute Gasteiger partial charge is 0.492 e. The highest BCUT2D eigenvalue weighted by atomic mass is 19.1. The molecule has 0 aliphatic heterocycles. The van der Waals surface area contributed by atoms with Crippen molar-refractivity contribution in [2.24, 2.45) is 0 Å². The number of nitrogens with one attached hydrogen (secondary N) is 1. The Kier molecular flexibility index (Phi) is 5.01. The van der Waals surface area contributed by atoms with E-state index in [1.54, 1.807) is 24.3 Å². The van der Waals surface area contributed by atoms with Gasteiger partial charge in [0.25, 0.3) is 5.91 Å². The predicted molar refractivity (Wildman–Crippen MR) is 106 cm³/mol. The SMILES string of the molecule is O=C(Nc1nc2ccccc2n1CCOc1ccc(F)cc1)c1ccccc1. The van der Waals surface area contributed by atoms with E-state index in [1.807, 2.05) is 47.0 Å². The zero-order chi connectivity index (χ0) is 19.3. The van der Waals surface area contributed by atoms with Gasteiger partial charge in [-0.1, -0.05) is 30.3 Å². The van der Waals surface area contributed by atoms with Gasteiger partial charge in [0.1, 0.15) is 18.2 Å². The summed E-state index contributed by atoms with van der Waals surface area (Å²) in [5, 5.41) is 2.88. The van der Waals surface area contributed by atoms with Crippen LogP contribution in [0.25, 0.3) is 11.0 Å². The predicted octanol–water partition coefficient (Wildman–Crippen LogP) is 4.51. The summed E-state index contributed by atoms with van der Waals surface area (Å²) in [7, 11) is 0. The number of carbonyl (C=O) groups excluding carboxylic acids is 1.